The van der Waals surface area contributed by atoms with Crippen LogP contribution in [0, 0.1) is 71.6 Å². The predicted octanol–water partition coefficient (Wildman–Crippen LogP) is 5.49. The topological polar surface area (TPSA) is 14.1 Å². The SMILES string of the molecule is CCCC[N-][Si](C)(C)C.[CH3-].[CH]1[CH][CH][CH][CH]1.[CH]1[CH][CH][CH][CH]1.[Zr+2]. The zero-order chi connectivity index (χ0) is 14.4. The maximum Gasteiger partial charge on any atom is 2.00 e. The van der Waals surface area contributed by atoms with E-state index in [1.165, 1.54) is 12.8 Å². The number of hydrogen-bond donors (Lipinski definition) is 0. The molecule has 2 rings (SSSR count). The maximum absolute atomic E-state index is 4.59. The van der Waals surface area contributed by atoms with E-state index in [-0.39, 0.29) is 33.6 Å². The molecule has 0 atom stereocenters. The Morgan fingerprint density at radius 2 is 1.00 bits per heavy atom. The van der Waals surface area contributed by atoms with Crippen molar-refractivity contribution in [1.29, 1.82) is 0 Å². The minimum Gasteiger partial charge on any atom is -0.665 e. The molecule has 2 fully saturated rings. The molecule has 0 heterocycles. The molecule has 21 heavy (non-hydrogen) atoms. The monoisotopic (exact) mass is 379 g/mol. The van der Waals surface area contributed by atoms with Crippen LogP contribution in [0.2, 0.25) is 19.6 Å². The summed E-state index contributed by atoms with van der Waals surface area (Å²) in [6, 6.07) is 0. The summed E-state index contributed by atoms with van der Waals surface area (Å²) < 4.78 is 0. The zero-order valence-electron chi connectivity index (χ0n) is 14.3. The first-order chi connectivity index (χ1) is 9.06. The average molecular weight is 381 g/mol. The summed E-state index contributed by atoms with van der Waals surface area (Å²) in [5, 5.41) is 0. The largest absolute Gasteiger partial charge is 2.00 e. The van der Waals surface area contributed by atoms with Gasteiger partial charge >= 0.3 is 26.2 Å². The van der Waals surface area contributed by atoms with Gasteiger partial charge in [0, 0.05) is 0 Å². The van der Waals surface area contributed by atoms with Crippen LogP contribution in [0.3, 0.4) is 0 Å². The number of rotatable bonds is 4. The van der Waals surface area contributed by atoms with Gasteiger partial charge in [0.1, 0.15) is 0 Å². The van der Waals surface area contributed by atoms with Crippen molar-refractivity contribution in [1.82, 2.24) is 0 Å². The quantitative estimate of drug-likeness (QED) is 0.348. The summed E-state index contributed by atoms with van der Waals surface area (Å²) in [6.45, 7) is 10.1. The molecule has 0 aromatic carbocycles. The normalized spacial score (nSPS) is 16.6. The van der Waals surface area contributed by atoms with Crippen LogP contribution in [0.25, 0.3) is 4.98 Å². The molecule has 2 saturated carbocycles. The molecule has 3 heteroatoms. The standard InChI is InChI=1S/C7H18NSi.2C5H5.CH3.Zr/c1-5-6-7-8-9(2,3)4;2*1-2-4-5-3-1;;/h5-7H2,1-4H3;2*1-5H;1H3;/q-1;;;-1;+2. The van der Waals surface area contributed by atoms with E-state index in [1.54, 1.807) is 0 Å². The van der Waals surface area contributed by atoms with Crippen LogP contribution in [-0.2, 0) is 26.2 Å². The number of unbranched alkanes of at least 4 members (excludes halogenated alkanes) is 1. The fourth-order valence-electron chi connectivity index (χ4n) is 1.21. The molecule has 2 aliphatic rings. The van der Waals surface area contributed by atoms with E-state index in [2.05, 4.69) is 31.5 Å². The smallest absolute Gasteiger partial charge is 0.665 e. The molecular weight excluding hydrogens is 350 g/mol. The summed E-state index contributed by atoms with van der Waals surface area (Å²) in [7, 11) is -1.07. The summed E-state index contributed by atoms with van der Waals surface area (Å²) >= 11 is 0. The first-order valence-corrected chi connectivity index (χ1v) is 10.5. The van der Waals surface area contributed by atoms with Crippen LogP contribution in [0.5, 0.6) is 0 Å². The van der Waals surface area contributed by atoms with Crippen LogP contribution in [0.4, 0.5) is 0 Å². The fraction of sp³-hybridized carbons (Fsp3) is 0.389. The van der Waals surface area contributed by atoms with Gasteiger partial charge in [-0.3, -0.25) is 0 Å². The minimum absolute atomic E-state index is 0. The minimum atomic E-state index is -1.07. The van der Waals surface area contributed by atoms with Gasteiger partial charge in [-0.15, -0.1) is 0 Å². The van der Waals surface area contributed by atoms with Gasteiger partial charge in [0.25, 0.3) is 0 Å². The molecule has 10 radical (unpaired) electrons. The number of hydrogen-bond acceptors (Lipinski definition) is 0. The van der Waals surface area contributed by atoms with E-state index < -0.39 is 8.24 Å². The molecule has 0 N–H and O–H groups in total. The first kappa shape index (κ1) is 26.9. The molecule has 0 amide bonds. The van der Waals surface area contributed by atoms with E-state index in [1.807, 2.05) is 64.2 Å². The predicted molar refractivity (Wildman–Crippen MR) is 95.9 cm³/mol. The van der Waals surface area contributed by atoms with E-state index in [9.17, 15) is 0 Å². The molecule has 0 aliphatic heterocycles. The Labute approximate surface area is 156 Å². The molecule has 1 nitrogen and oxygen atoms in total. The van der Waals surface area contributed by atoms with Crippen LogP contribution in [0.15, 0.2) is 0 Å². The van der Waals surface area contributed by atoms with Crippen molar-refractivity contribution in [2.45, 2.75) is 39.4 Å². The summed E-state index contributed by atoms with van der Waals surface area (Å²) in [5.74, 6) is 0. The van der Waals surface area contributed by atoms with Crippen LogP contribution in [0.1, 0.15) is 19.8 Å². The summed E-state index contributed by atoms with van der Waals surface area (Å²) in [6.07, 6.45) is 22.5. The van der Waals surface area contributed by atoms with Gasteiger partial charge in [0.05, 0.1) is 0 Å². The third kappa shape index (κ3) is 26.3. The van der Waals surface area contributed by atoms with Crippen molar-refractivity contribution in [2.75, 3.05) is 6.54 Å². The average Bonchev–Trinajstić information content (AvgIpc) is 3.07. The Kier molecular flexibility index (Phi) is 24.5. The molecule has 0 spiro atoms. The van der Waals surface area contributed by atoms with Crippen molar-refractivity contribution < 1.29 is 26.2 Å². The van der Waals surface area contributed by atoms with Crippen molar-refractivity contribution >= 4 is 8.24 Å². The van der Waals surface area contributed by atoms with Crippen molar-refractivity contribution in [2.24, 2.45) is 0 Å². The molecule has 0 bridgehead atoms. The Morgan fingerprint density at radius 3 is 1.19 bits per heavy atom. The molecule has 2 aliphatic carbocycles. The second-order valence-electron chi connectivity index (χ2n) is 5.33. The summed E-state index contributed by atoms with van der Waals surface area (Å²) in [5.41, 5.74) is 0. The Morgan fingerprint density at radius 1 is 0.714 bits per heavy atom. The third-order valence-electron chi connectivity index (χ3n) is 2.21. The fourth-order valence-corrected chi connectivity index (χ4v) is 2.04. The molecule has 0 unspecified atom stereocenters. The molecule has 0 aromatic heterocycles. The van der Waals surface area contributed by atoms with Gasteiger partial charge in [-0.1, -0.05) is 47.6 Å². The third-order valence-corrected chi connectivity index (χ3v) is 3.38. The molecule has 0 aromatic rings. The van der Waals surface area contributed by atoms with E-state index in [4.69, 9.17) is 0 Å². The van der Waals surface area contributed by atoms with E-state index in [0.29, 0.717) is 0 Å². The molecule has 116 valence electrons. The Bertz CT molecular complexity index is 147. The maximum atomic E-state index is 4.59. The van der Waals surface area contributed by atoms with Gasteiger partial charge in [-0.25, -0.2) is 0 Å². The Balaban J connectivity index is -0.000000232. The van der Waals surface area contributed by atoms with Gasteiger partial charge in [-0.2, -0.15) is 6.54 Å². The van der Waals surface area contributed by atoms with Gasteiger partial charge < -0.3 is 12.4 Å². The van der Waals surface area contributed by atoms with Gasteiger partial charge in [0.2, 0.25) is 0 Å². The van der Waals surface area contributed by atoms with Crippen molar-refractivity contribution in [3.05, 3.63) is 76.6 Å². The van der Waals surface area contributed by atoms with E-state index in [0.717, 1.165) is 6.54 Å². The zero-order valence-corrected chi connectivity index (χ0v) is 17.8. The second kappa shape index (κ2) is 19.1. The van der Waals surface area contributed by atoms with Crippen molar-refractivity contribution in [3.63, 3.8) is 0 Å². The van der Waals surface area contributed by atoms with Crippen LogP contribution in [-0.4, -0.2) is 14.8 Å². The molecular formula is C18H31NSiZr. The van der Waals surface area contributed by atoms with Crippen LogP contribution >= 0.6 is 0 Å². The van der Waals surface area contributed by atoms with Crippen molar-refractivity contribution in [3.8, 4) is 0 Å². The molecule has 0 saturated heterocycles. The van der Waals surface area contributed by atoms with Gasteiger partial charge in [-0.05, 0) is 64.2 Å². The Hall–Kier alpha value is 1.06. The first-order valence-electron chi connectivity index (χ1n) is 7.08. The summed E-state index contributed by atoms with van der Waals surface area (Å²) in [4.78, 5) is 4.59. The van der Waals surface area contributed by atoms with Gasteiger partial charge in [0.15, 0.2) is 0 Å². The second-order valence-corrected chi connectivity index (χ2v) is 9.99. The number of nitrogens with zero attached hydrogens (tertiary/aromatic N) is 1. The van der Waals surface area contributed by atoms with E-state index >= 15 is 0 Å². The van der Waals surface area contributed by atoms with Crippen LogP contribution < -0.4 is 0 Å².